The number of nitrogens with one attached hydrogen (secondary N) is 1. The van der Waals surface area contributed by atoms with Crippen LogP contribution in [0.25, 0.3) is 0 Å². The van der Waals surface area contributed by atoms with Gasteiger partial charge in [-0.25, -0.2) is 0 Å². The second kappa shape index (κ2) is 59.2. The zero-order valence-electron chi connectivity index (χ0n) is 46.8. The van der Waals surface area contributed by atoms with Gasteiger partial charge in [0.2, 0.25) is 5.91 Å². The Bertz CT molecular complexity index is 1030. The fourth-order valence-electron chi connectivity index (χ4n) is 9.99. The summed E-state index contributed by atoms with van der Waals surface area (Å²) < 4.78 is 5.49. The number of esters is 1. The highest BCUT2D eigenvalue weighted by Crippen LogP contribution is 2.18. The first-order valence-corrected chi connectivity index (χ1v) is 31.4. The Morgan fingerprint density at radius 1 is 0.391 bits per heavy atom. The predicted octanol–water partition coefficient (Wildman–Crippen LogP) is 19.6. The molecular weight excluding hydrogens is 851 g/mol. The van der Waals surface area contributed by atoms with Gasteiger partial charge < -0.3 is 20.3 Å². The molecule has 0 radical (unpaired) electrons. The van der Waals surface area contributed by atoms with Crippen LogP contribution < -0.4 is 5.32 Å². The lowest BCUT2D eigenvalue weighted by molar-refractivity contribution is -0.143. The molecule has 2 atom stereocenters. The van der Waals surface area contributed by atoms with Crippen molar-refractivity contribution >= 4 is 11.9 Å². The van der Waals surface area contributed by atoms with Crippen LogP contribution in [0.15, 0.2) is 12.2 Å². The van der Waals surface area contributed by atoms with Crippen LogP contribution in [-0.2, 0) is 14.3 Å². The highest BCUT2D eigenvalue weighted by atomic mass is 16.5. The number of aliphatic hydroxyl groups excluding tert-OH is 2. The van der Waals surface area contributed by atoms with Gasteiger partial charge in [0, 0.05) is 12.8 Å². The van der Waals surface area contributed by atoms with Crippen molar-refractivity contribution in [3.8, 4) is 0 Å². The Hall–Kier alpha value is -1.40. The number of rotatable bonds is 59. The van der Waals surface area contributed by atoms with E-state index in [4.69, 9.17) is 4.74 Å². The summed E-state index contributed by atoms with van der Waals surface area (Å²) in [4.78, 5) is 24.6. The van der Waals surface area contributed by atoms with E-state index < -0.39 is 12.1 Å². The number of hydrogen-bond donors (Lipinski definition) is 3. The van der Waals surface area contributed by atoms with Gasteiger partial charge in [0.25, 0.3) is 0 Å². The molecule has 0 fully saturated rings. The van der Waals surface area contributed by atoms with Crippen LogP contribution in [0.3, 0.4) is 0 Å². The van der Waals surface area contributed by atoms with Crippen LogP contribution in [0.5, 0.6) is 0 Å². The molecule has 0 bridgehead atoms. The molecule has 410 valence electrons. The molecule has 0 aromatic carbocycles. The number of allylic oxidation sites excluding steroid dienone is 2. The molecule has 1 amide bonds. The Kier molecular flexibility index (Phi) is 58.0. The van der Waals surface area contributed by atoms with Crippen molar-refractivity contribution in [2.45, 2.75) is 366 Å². The van der Waals surface area contributed by atoms with E-state index in [0.29, 0.717) is 25.9 Å². The average Bonchev–Trinajstić information content (AvgIpc) is 3.35. The van der Waals surface area contributed by atoms with E-state index in [1.54, 1.807) is 0 Å². The van der Waals surface area contributed by atoms with Crippen LogP contribution in [0.4, 0.5) is 0 Å². The maximum Gasteiger partial charge on any atom is 0.305 e. The number of ether oxygens (including phenoxy) is 1. The average molecular weight is 975 g/mol. The number of hydrogen-bond acceptors (Lipinski definition) is 5. The minimum atomic E-state index is -0.665. The topological polar surface area (TPSA) is 95.9 Å². The molecular formula is C63H123NO5. The van der Waals surface area contributed by atoms with Crippen LogP contribution >= 0.6 is 0 Å². The molecule has 69 heavy (non-hydrogen) atoms. The Labute approximate surface area is 431 Å². The van der Waals surface area contributed by atoms with Gasteiger partial charge in [0.05, 0.1) is 25.4 Å². The minimum absolute atomic E-state index is 0.00813. The SMILES string of the molecule is CCCCCCCC/C=C\CCCCCCCCCC(=O)OCCCCCCCCCCCCCCCCCCCCCCC(=O)NC(CO)C(O)CCCCCCCCCCCCCCCCC. The van der Waals surface area contributed by atoms with Crippen molar-refractivity contribution in [2.75, 3.05) is 13.2 Å². The van der Waals surface area contributed by atoms with Gasteiger partial charge in [-0.05, 0) is 51.4 Å². The number of amides is 1. The van der Waals surface area contributed by atoms with Crippen LogP contribution in [0.1, 0.15) is 354 Å². The zero-order valence-corrected chi connectivity index (χ0v) is 46.8. The highest BCUT2D eigenvalue weighted by molar-refractivity contribution is 5.76. The van der Waals surface area contributed by atoms with Gasteiger partial charge in [-0.15, -0.1) is 0 Å². The summed E-state index contributed by atoms with van der Waals surface area (Å²) >= 11 is 0. The van der Waals surface area contributed by atoms with Crippen molar-refractivity contribution in [3.05, 3.63) is 12.2 Å². The minimum Gasteiger partial charge on any atom is -0.466 e. The molecule has 0 aliphatic heterocycles. The molecule has 0 saturated heterocycles. The predicted molar refractivity (Wildman–Crippen MR) is 301 cm³/mol. The van der Waals surface area contributed by atoms with E-state index in [0.717, 1.165) is 44.9 Å². The van der Waals surface area contributed by atoms with E-state index in [2.05, 4.69) is 31.3 Å². The third-order valence-electron chi connectivity index (χ3n) is 14.8. The van der Waals surface area contributed by atoms with Crippen molar-refractivity contribution in [1.29, 1.82) is 0 Å². The molecule has 0 spiro atoms. The van der Waals surface area contributed by atoms with Crippen molar-refractivity contribution in [2.24, 2.45) is 0 Å². The van der Waals surface area contributed by atoms with Gasteiger partial charge in [-0.1, -0.05) is 302 Å². The lowest BCUT2D eigenvalue weighted by Crippen LogP contribution is -2.45. The summed E-state index contributed by atoms with van der Waals surface area (Å²) in [5, 5.41) is 23.3. The quantitative estimate of drug-likeness (QED) is 0.0321. The summed E-state index contributed by atoms with van der Waals surface area (Å²) in [6, 6.07) is -0.542. The molecule has 0 aromatic rings. The first-order chi connectivity index (χ1) is 34.0. The van der Waals surface area contributed by atoms with E-state index in [1.165, 1.54) is 276 Å². The van der Waals surface area contributed by atoms with E-state index in [9.17, 15) is 19.8 Å². The Balaban J connectivity index is 3.37. The molecule has 6 nitrogen and oxygen atoms in total. The molecule has 0 rings (SSSR count). The van der Waals surface area contributed by atoms with E-state index >= 15 is 0 Å². The number of carbonyl (C=O) groups excluding carboxylic acids is 2. The van der Waals surface area contributed by atoms with Gasteiger partial charge in [-0.3, -0.25) is 9.59 Å². The lowest BCUT2D eigenvalue weighted by atomic mass is 10.0. The van der Waals surface area contributed by atoms with Crippen molar-refractivity contribution < 1.29 is 24.5 Å². The molecule has 0 aromatic heterocycles. The molecule has 3 N–H and O–H groups in total. The maximum atomic E-state index is 12.5. The second-order valence-corrected chi connectivity index (χ2v) is 21.7. The third-order valence-corrected chi connectivity index (χ3v) is 14.8. The first-order valence-electron chi connectivity index (χ1n) is 31.4. The van der Waals surface area contributed by atoms with Gasteiger partial charge in [0.15, 0.2) is 0 Å². The largest absolute Gasteiger partial charge is 0.466 e. The summed E-state index contributed by atoms with van der Waals surface area (Å²) in [6.45, 7) is 4.97. The van der Waals surface area contributed by atoms with E-state index in [1.807, 2.05) is 0 Å². The standard InChI is InChI=1S/C63H123NO5/c1-3-5-7-9-11-13-15-17-19-24-29-33-37-41-45-49-53-57-63(68)69-58-54-50-46-42-38-34-30-26-23-21-20-22-25-28-32-36-40-44-48-52-56-62(67)64-60(59-65)61(66)55-51-47-43-39-35-31-27-18-16-14-12-10-8-6-4-2/h17,19,60-61,65-66H,3-16,18,20-59H2,1-2H3,(H,64,67)/b19-17-. The first kappa shape index (κ1) is 67.6. The summed E-state index contributed by atoms with van der Waals surface area (Å²) in [6.07, 6.45) is 70.7. The van der Waals surface area contributed by atoms with Gasteiger partial charge >= 0.3 is 5.97 Å². The smallest absolute Gasteiger partial charge is 0.305 e. The number of unbranched alkanes of at least 4 members (excludes halogenated alkanes) is 46. The normalized spacial score (nSPS) is 12.6. The summed E-state index contributed by atoms with van der Waals surface area (Å²) in [5.74, 6) is -0.0262. The van der Waals surface area contributed by atoms with E-state index in [-0.39, 0.29) is 18.5 Å². The Morgan fingerprint density at radius 3 is 1.03 bits per heavy atom. The Morgan fingerprint density at radius 2 is 0.681 bits per heavy atom. The molecule has 0 aliphatic rings. The van der Waals surface area contributed by atoms with Crippen LogP contribution in [0, 0.1) is 0 Å². The molecule has 2 unspecified atom stereocenters. The maximum absolute atomic E-state index is 12.5. The molecule has 0 aliphatic carbocycles. The molecule has 6 heteroatoms. The van der Waals surface area contributed by atoms with Crippen LogP contribution in [-0.4, -0.2) is 47.4 Å². The zero-order chi connectivity index (χ0) is 50.0. The van der Waals surface area contributed by atoms with Crippen LogP contribution in [0.2, 0.25) is 0 Å². The molecule has 0 saturated carbocycles. The lowest BCUT2D eigenvalue weighted by Gasteiger charge is -2.22. The van der Waals surface area contributed by atoms with Gasteiger partial charge in [0.1, 0.15) is 0 Å². The fraction of sp³-hybridized carbons (Fsp3) is 0.937. The third kappa shape index (κ3) is 55.8. The molecule has 0 heterocycles. The summed E-state index contributed by atoms with van der Waals surface area (Å²) in [7, 11) is 0. The number of aliphatic hydroxyl groups is 2. The van der Waals surface area contributed by atoms with Crippen molar-refractivity contribution in [3.63, 3.8) is 0 Å². The monoisotopic (exact) mass is 974 g/mol. The summed E-state index contributed by atoms with van der Waals surface area (Å²) in [5.41, 5.74) is 0. The second-order valence-electron chi connectivity index (χ2n) is 21.7. The van der Waals surface area contributed by atoms with Crippen molar-refractivity contribution in [1.82, 2.24) is 5.32 Å². The fourth-order valence-corrected chi connectivity index (χ4v) is 9.99. The highest BCUT2D eigenvalue weighted by Gasteiger charge is 2.20. The van der Waals surface area contributed by atoms with Gasteiger partial charge in [-0.2, -0.15) is 0 Å². The number of carbonyl (C=O) groups is 2.